The lowest BCUT2D eigenvalue weighted by atomic mass is 9.79. The number of rotatable bonds is 8. The zero-order valence-corrected chi connectivity index (χ0v) is 30.9. The van der Waals surface area contributed by atoms with Crippen LogP contribution in [0.5, 0.6) is 5.88 Å². The van der Waals surface area contributed by atoms with Crippen molar-refractivity contribution in [1.29, 1.82) is 5.26 Å². The molecule has 2 aromatic carbocycles. The molecule has 0 radical (unpaired) electrons. The van der Waals surface area contributed by atoms with Gasteiger partial charge in [0.1, 0.15) is 11.6 Å². The van der Waals surface area contributed by atoms with Gasteiger partial charge in [-0.05, 0) is 82.8 Å². The molecule has 0 unspecified atom stereocenters. The van der Waals surface area contributed by atoms with Crippen molar-refractivity contribution in [3.63, 3.8) is 0 Å². The average molecular weight is 748 g/mol. The number of carbonyl (C=O) groups is 2. The number of ether oxygens (including phenoxy) is 1. The van der Waals surface area contributed by atoms with Crippen molar-refractivity contribution in [1.82, 2.24) is 24.3 Å². The minimum atomic E-state index is -0.961. The number of carboxylic acid groups (broad SMARTS) is 1. The van der Waals surface area contributed by atoms with E-state index in [9.17, 15) is 20.0 Å². The number of nitrogens with zero attached hydrogens (tertiary/aromatic N) is 6. The summed E-state index contributed by atoms with van der Waals surface area (Å²) in [6.07, 6.45) is 3.47. The highest BCUT2D eigenvalue weighted by Gasteiger charge is 2.56. The van der Waals surface area contributed by atoms with Crippen LogP contribution in [0.15, 0.2) is 30.3 Å². The SMILES string of the molecule is CC(=O)N1CCC[C@@H]1c1cc2c(O[C@@H](C)[C@@H]3CCCN3C)nc3c(F)c(-c4cccc(Cl)c4Cl)c(CCC#N)cc3c2n1[C@H]1[C@@H]2C[C@H]1N(C(=O)O)C2. The van der Waals surface area contributed by atoms with E-state index >= 15 is 4.39 Å². The molecule has 4 saturated heterocycles. The fraction of sp³-hybridized carbons (Fsp3) is 0.487. The molecule has 2 aromatic heterocycles. The summed E-state index contributed by atoms with van der Waals surface area (Å²) in [5, 5.41) is 21.5. The van der Waals surface area contributed by atoms with Gasteiger partial charge in [-0.25, -0.2) is 14.2 Å². The molecule has 0 spiro atoms. The summed E-state index contributed by atoms with van der Waals surface area (Å²) in [5.74, 6) is -0.297. The van der Waals surface area contributed by atoms with Crippen LogP contribution in [-0.2, 0) is 11.2 Å². The van der Waals surface area contributed by atoms with Gasteiger partial charge in [-0.1, -0.05) is 35.3 Å². The largest absolute Gasteiger partial charge is 0.472 e. The molecule has 6 heterocycles. The average Bonchev–Trinajstić information content (AvgIpc) is 3.94. The summed E-state index contributed by atoms with van der Waals surface area (Å²) < 4.78 is 26.5. The number of aromatic nitrogens is 2. The van der Waals surface area contributed by atoms with Crippen LogP contribution in [0, 0.1) is 23.1 Å². The number of benzene rings is 2. The molecule has 4 aliphatic heterocycles. The minimum absolute atomic E-state index is 0.0340. The smallest absolute Gasteiger partial charge is 0.407 e. The van der Waals surface area contributed by atoms with Crippen molar-refractivity contribution in [2.45, 2.75) is 89.1 Å². The molecule has 5 fully saturated rings. The van der Waals surface area contributed by atoms with E-state index in [1.54, 1.807) is 25.1 Å². The first-order chi connectivity index (χ1) is 25.0. The normalized spacial score (nSPS) is 24.8. The Morgan fingerprint density at radius 3 is 2.63 bits per heavy atom. The Labute approximate surface area is 311 Å². The lowest BCUT2D eigenvalue weighted by molar-refractivity contribution is -0.129. The first-order valence-corrected chi connectivity index (χ1v) is 18.9. The van der Waals surface area contributed by atoms with Crippen LogP contribution in [0.4, 0.5) is 9.18 Å². The van der Waals surface area contributed by atoms with E-state index in [0.29, 0.717) is 40.5 Å². The quantitative estimate of drug-likeness (QED) is 0.193. The molecule has 1 N–H and O–H groups in total. The molecule has 272 valence electrons. The molecule has 5 aliphatic rings. The van der Waals surface area contributed by atoms with Gasteiger partial charge in [0.05, 0.1) is 45.1 Å². The van der Waals surface area contributed by atoms with Crippen molar-refractivity contribution in [3.8, 4) is 23.1 Å². The Morgan fingerprint density at radius 1 is 1.15 bits per heavy atom. The number of carbonyl (C=O) groups excluding carboxylic acids is 1. The molecule has 6 atom stereocenters. The lowest BCUT2D eigenvalue weighted by Gasteiger charge is -2.40. The highest BCUT2D eigenvalue weighted by Crippen LogP contribution is 2.54. The van der Waals surface area contributed by atoms with E-state index in [4.69, 9.17) is 32.9 Å². The van der Waals surface area contributed by atoms with E-state index in [1.807, 2.05) is 24.0 Å². The maximum absolute atomic E-state index is 17.5. The number of hydrogen-bond acceptors (Lipinski definition) is 6. The van der Waals surface area contributed by atoms with E-state index in [1.165, 1.54) is 4.90 Å². The predicted molar refractivity (Wildman–Crippen MR) is 197 cm³/mol. The third-order valence-electron chi connectivity index (χ3n) is 12.0. The second-order valence-corrected chi connectivity index (χ2v) is 15.7. The maximum Gasteiger partial charge on any atom is 0.407 e. The van der Waals surface area contributed by atoms with Gasteiger partial charge in [0.2, 0.25) is 11.8 Å². The molecule has 1 saturated carbocycles. The van der Waals surface area contributed by atoms with Crippen molar-refractivity contribution in [2.24, 2.45) is 5.92 Å². The fourth-order valence-corrected chi connectivity index (χ4v) is 9.99. The number of halogens is 3. The summed E-state index contributed by atoms with van der Waals surface area (Å²) in [6, 6.07) is 10.6. The van der Waals surface area contributed by atoms with Crippen LogP contribution in [-0.4, -0.2) is 86.2 Å². The summed E-state index contributed by atoms with van der Waals surface area (Å²) in [5.41, 5.74) is 2.88. The van der Waals surface area contributed by atoms with Gasteiger partial charge in [0, 0.05) is 60.6 Å². The monoisotopic (exact) mass is 746 g/mol. The van der Waals surface area contributed by atoms with Gasteiger partial charge >= 0.3 is 6.09 Å². The Balaban J connectivity index is 1.45. The van der Waals surface area contributed by atoms with E-state index in [2.05, 4.69) is 22.6 Å². The Kier molecular flexibility index (Phi) is 9.00. The van der Waals surface area contributed by atoms with Gasteiger partial charge in [0.25, 0.3) is 0 Å². The highest BCUT2D eigenvalue weighted by atomic mass is 35.5. The van der Waals surface area contributed by atoms with Gasteiger partial charge in [-0.3, -0.25) is 9.69 Å². The first kappa shape index (κ1) is 34.9. The third-order valence-corrected chi connectivity index (χ3v) is 12.8. The molecular weight excluding hydrogens is 706 g/mol. The van der Waals surface area contributed by atoms with Gasteiger partial charge in [-0.15, -0.1) is 0 Å². The van der Waals surface area contributed by atoms with Gasteiger partial charge in [-0.2, -0.15) is 5.26 Å². The number of pyridine rings is 1. The van der Waals surface area contributed by atoms with E-state index in [-0.39, 0.29) is 81.9 Å². The molecule has 13 heteroatoms. The summed E-state index contributed by atoms with van der Waals surface area (Å²) in [7, 11) is 2.08. The second-order valence-electron chi connectivity index (χ2n) is 14.9. The molecule has 52 heavy (non-hydrogen) atoms. The van der Waals surface area contributed by atoms with Crippen LogP contribution >= 0.6 is 23.2 Å². The molecule has 2 amide bonds. The topological polar surface area (TPSA) is 115 Å². The minimum Gasteiger partial charge on any atom is -0.472 e. The molecule has 4 aromatic rings. The van der Waals surface area contributed by atoms with Crippen LogP contribution < -0.4 is 4.74 Å². The molecule has 9 rings (SSSR count). The molecule has 10 nitrogen and oxygen atoms in total. The Bertz CT molecular complexity index is 2170. The predicted octanol–water partition coefficient (Wildman–Crippen LogP) is 8.23. The van der Waals surface area contributed by atoms with Crippen molar-refractivity contribution >= 4 is 57.0 Å². The van der Waals surface area contributed by atoms with Crippen LogP contribution in [0.1, 0.15) is 75.7 Å². The number of fused-ring (bicyclic) bond motifs is 4. The summed E-state index contributed by atoms with van der Waals surface area (Å²) >= 11 is 13.2. The zero-order chi connectivity index (χ0) is 36.6. The standard InChI is InChI=1S/C39H41Cl2FN6O4/c1-20(28-11-6-14-45(28)3)52-38-26-18-30(29-12-7-15-46(29)21(2)49)48(36-23-17-31(36)47(19-23)39(50)51)37(26)25-16-22(8-5-13-43)32(34(42)35(25)44-38)24-9-4-10-27(40)33(24)41/h4,9-10,16,18,20,23,28-29,31,36H,5-8,11-12,14-15,17,19H2,1-3H3,(H,50,51)/t20-,23+,28-,29+,31+,36-/m0/s1. The number of amides is 2. The molecule has 1 aliphatic carbocycles. The third kappa shape index (κ3) is 5.48. The number of aryl methyl sites for hydroxylation is 1. The van der Waals surface area contributed by atoms with Gasteiger partial charge < -0.3 is 24.2 Å². The number of hydrogen-bond donors (Lipinski definition) is 1. The number of likely N-dealkylation sites (N-methyl/N-ethyl adjacent to an activating group) is 1. The first-order valence-electron chi connectivity index (χ1n) is 18.1. The highest BCUT2D eigenvalue weighted by molar-refractivity contribution is 6.43. The lowest BCUT2D eigenvalue weighted by Crippen LogP contribution is -2.43. The van der Waals surface area contributed by atoms with Crippen molar-refractivity contribution < 1.29 is 23.8 Å². The van der Waals surface area contributed by atoms with Crippen LogP contribution in [0.3, 0.4) is 0 Å². The maximum atomic E-state index is 17.5. The van der Waals surface area contributed by atoms with Crippen molar-refractivity contribution in [2.75, 3.05) is 26.7 Å². The second kappa shape index (κ2) is 13.4. The van der Waals surface area contributed by atoms with E-state index in [0.717, 1.165) is 44.3 Å². The number of likely N-dealkylation sites (tertiary alicyclic amines) is 2. The van der Waals surface area contributed by atoms with Gasteiger partial charge in [0.15, 0.2) is 5.82 Å². The summed E-state index contributed by atoms with van der Waals surface area (Å²) in [4.78, 5) is 36.0. The molecular formula is C39H41Cl2FN6O4. The Hall–Kier alpha value is -4.11. The summed E-state index contributed by atoms with van der Waals surface area (Å²) in [6.45, 7) is 5.57. The number of nitriles is 1. The fourth-order valence-electron chi connectivity index (χ4n) is 9.60. The van der Waals surface area contributed by atoms with E-state index < -0.39 is 11.9 Å². The van der Waals surface area contributed by atoms with Crippen LogP contribution in [0.25, 0.3) is 32.9 Å². The van der Waals surface area contributed by atoms with Crippen LogP contribution in [0.2, 0.25) is 10.0 Å². The molecule has 2 bridgehead atoms. The Morgan fingerprint density at radius 2 is 1.94 bits per heavy atom. The zero-order valence-electron chi connectivity index (χ0n) is 29.4. The van der Waals surface area contributed by atoms with Crippen molar-refractivity contribution in [3.05, 3.63) is 57.5 Å².